The summed E-state index contributed by atoms with van der Waals surface area (Å²) in [7, 11) is 3.29. The van der Waals surface area contributed by atoms with Crippen LogP contribution in [0.3, 0.4) is 0 Å². The van der Waals surface area contributed by atoms with Crippen LogP contribution in [0.4, 0.5) is 0 Å². The number of aromatic nitrogens is 4. The van der Waals surface area contributed by atoms with Crippen molar-refractivity contribution in [2.24, 2.45) is 0 Å². The summed E-state index contributed by atoms with van der Waals surface area (Å²) in [6.07, 6.45) is 0. The monoisotopic (exact) mass is 263 g/mol. The number of H-pyrrole nitrogens is 1. The van der Waals surface area contributed by atoms with Crippen LogP contribution in [0.25, 0.3) is 0 Å². The lowest BCUT2D eigenvalue weighted by Crippen LogP contribution is -2.19. The second-order valence-electron chi connectivity index (χ2n) is 4.05. The summed E-state index contributed by atoms with van der Waals surface area (Å²) in [5.74, 6) is 2.24. The molecular weight excluding hydrogens is 246 g/mol. The quantitative estimate of drug-likeness (QED) is 0.811. The molecule has 0 spiro atoms. The molecule has 0 fully saturated rings. The Balaban J connectivity index is 2.05. The van der Waals surface area contributed by atoms with Crippen molar-refractivity contribution in [3.63, 3.8) is 0 Å². The van der Waals surface area contributed by atoms with E-state index in [1.54, 1.807) is 14.2 Å². The maximum Gasteiger partial charge on any atom is 0.191 e. The molecule has 0 aliphatic heterocycles. The van der Waals surface area contributed by atoms with Gasteiger partial charge in [-0.15, -0.1) is 10.2 Å². The molecule has 0 bridgehead atoms. The van der Waals surface area contributed by atoms with Crippen LogP contribution < -0.4 is 14.8 Å². The summed E-state index contributed by atoms with van der Waals surface area (Å²) in [5.41, 5.74) is 1.01. The SMILES string of the molecule is COc1ccc(OC)c(CNC(C)c2nn[nH]n2)c1. The summed E-state index contributed by atoms with van der Waals surface area (Å²) in [5, 5.41) is 17.2. The zero-order valence-corrected chi connectivity index (χ0v) is 11.2. The van der Waals surface area contributed by atoms with Crippen molar-refractivity contribution < 1.29 is 9.47 Å². The Bertz CT molecular complexity index is 515. The predicted octanol–water partition coefficient (Wildman–Crippen LogP) is 1.07. The highest BCUT2D eigenvalue weighted by Crippen LogP contribution is 2.24. The zero-order chi connectivity index (χ0) is 13.7. The zero-order valence-electron chi connectivity index (χ0n) is 11.2. The van der Waals surface area contributed by atoms with E-state index in [4.69, 9.17) is 9.47 Å². The molecule has 0 saturated carbocycles. The average molecular weight is 263 g/mol. The van der Waals surface area contributed by atoms with Crippen LogP contribution >= 0.6 is 0 Å². The minimum absolute atomic E-state index is 0.00495. The van der Waals surface area contributed by atoms with Crippen LogP contribution in [-0.4, -0.2) is 34.8 Å². The van der Waals surface area contributed by atoms with Crippen LogP contribution in [0.15, 0.2) is 18.2 Å². The maximum atomic E-state index is 5.32. The maximum absolute atomic E-state index is 5.32. The van der Waals surface area contributed by atoms with Gasteiger partial charge in [0.25, 0.3) is 0 Å². The van der Waals surface area contributed by atoms with Crippen molar-refractivity contribution in [1.29, 1.82) is 0 Å². The van der Waals surface area contributed by atoms with E-state index in [2.05, 4.69) is 25.9 Å². The van der Waals surface area contributed by atoms with Gasteiger partial charge < -0.3 is 14.8 Å². The van der Waals surface area contributed by atoms with Gasteiger partial charge >= 0.3 is 0 Å². The molecule has 0 aliphatic rings. The van der Waals surface area contributed by atoms with Gasteiger partial charge in [-0.2, -0.15) is 5.21 Å². The third-order valence-corrected chi connectivity index (χ3v) is 2.84. The largest absolute Gasteiger partial charge is 0.497 e. The predicted molar refractivity (Wildman–Crippen MR) is 69.0 cm³/mol. The number of benzene rings is 1. The summed E-state index contributed by atoms with van der Waals surface area (Å²) >= 11 is 0. The highest BCUT2D eigenvalue weighted by atomic mass is 16.5. The van der Waals surface area contributed by atoms with Gasteiger partial charge in [0.2, 0.25) is 0 Å². The number of ether oxygens (including phenoxy) is 2. The van der Waals surface area contributed by atoms with Gasteiger partial charge in [0.1, 0.15) is 11.5 Å². The summed E-state index contributed by atoms with van der Waals surface area (Å²) in [6, 6.07) is 5.68. The molecule has 1 aromatic carbocycles. The molecule has 1 heterocycles. The van der Waals surface area contributed by atoms with Gasteiger partial charge in [0.05, 0.1) is 20.3 Å². The van der Waals surface area contributed by atoms with Gasteiger partial charge in [0.15, 0.2) is 5.82 Å². The van der Waals surface area contributed by atoms with E-state index in [-0.39, 0.29) is 6.04 Å². The van der Waals surface area contributed by atoms with E-state index < -0.39 is 0 Å². The standard InChI is InChI=1S/C12H17N5O2/c1-8(12-14-16-17-15-12)13-7-9-6-10(18-2)4-5-11(9)19-3/h4-6,8,13H,7H2,1-3H3,(H,14,15,16,17). The van der Waals surface area contributed by atoms with Gasteiger partial charge in [-0.25, -0.2) is 0 Å². The van der Waals surface area contributed by atoms with Gasteiger partial charge in [-0.3, -0.25) is 0 Å². The second-order valence-corrected chi connectivity index (χ2v) is 4.05. The Morgan fingerprint density at radius 3 is 2.79 bits per heavy atom. The molecule has 7 nitrogen and oxygen atoms in total. The molecule has 7 heteroatoms. The van der Waals surface area contributed by atoms with Gasteiger partial charge in [-0.05, 0) is 25.1 Å². The molecule has 2 aromatic rings. The molecule has 1 unspecified atom stereocenters. The molecule has 0 amide bonds. The molecule has 0 aliphatic carbocycles. The lowest BCUT2D eigenvalue weighted by molar-refractivity contribution is 0.395. The van der Waals surface area contributed by atoms with Gasteiger partial charge in [0, 0.05) is 12.1 Å². The second kappa shape index (κ2) is 6.14. The number of hydrogen-bond acceptors (Lipinski definition) is 6. The number of methoxy groups -OCH3 is 2. The molecule has 0 radical (unpaired) electrons. The third-order valence-electron chi connectivity index (χ3n) is 2.84. The molecular formula is C12H17N5O2. The molecule has 1 aromatic heterocycles. The molecule has 0 saturated heterocycles. The Morgan fingerprint density at radius 1 is 1.32 bits per heavy atom. The highest BCUT2D eigenvalue weighted by Gasteiger charge is 2.11. The van der Waals surface area contributed by atoms with Crippen molar-refractivity contribution in [1.82, 2.24) is 25.9 Å². The number of rotatable bonds is 6. The van der Waals surface area contributed by atoms with Crippen LogP contribution in [0.5, 0.6) is 11.5 Å². The Kier molecular flexibility index (Phi) is 4.30. The fourth-order valence-electron chi connectivity index (χ4n) is 1.73. The van der Waals surface area contributed by atoms with E-state index >= 15 is 0 Å². The fourth-order valence-corrected chi connectivity index (χ4v) is 1.73. The molecule has 1 atom stereocenters. The van der Waals surface area contributed by atoms with E-state index in [1.165, 1.54) is 0 Å². The third kappa shape index (κ3) is 3.19. The Morgan fingerprint density at radius 2 is 2.16 bits per heavy atom. The first-order valence-electron chi connectivity index (χ1n) is 5.92. The summed E-state index contributed by atoms with van der Waals surface area (Å²) in [4.78, 5) is 0. The van der Waals surface area contributed by atoms with Crippen molar-refractivity contribution in [3.05, 3.63) is 29.6 Å². The molecule has 2 rings (SSSR count). The van der Waals surface area contributed by atoms with Crippen molar-refractivity contribution in [2.75, 3.05) is 14.2 Å². The van der Waals surface area contributed by atoms with Crippen LogP contribution in [0.2, 0.25) is 0 Å². The highest BCUT2D eigenvalue weighted by molar-refractivity contribution is 5.40. The number of nitrogens with zero attached hydrogens (tertiary/aromatic N) is 3. The lowest BCUT2D eigenvalue weighted by Gasteiger charge is -2.13. The minimum Gasteiger partial charge on any atom is -0.497 e. The van der Waals surface area contributed by atoms with E-state index in [0.29, 0.717) is 12.4 Å². The first-order chi connectivity index (χ1) is 9.24. The van der Waals surface area contributed by atoms with Crippen LogP contribution in [-0.2, 0) is 6.54 Å². The Labute approximate surface area is 111 Å². The Hall–Kier alpha value is -2.15. The fraction of sp³-hybridized carbons (Fsp3) is 0.417. The van der Waals surface area contributed by atoms with Crippen molar-refractivity contribution in [3.8, 4) is 11.5 Å². The normalized spacial score (nSPS) is 12.2. The first-order valence-corrected chi connectivity index (χ1v) is 5.92. The first kappa shape index (κ1) is 13.3. The number of hydrogen-bond donors (Lipinski definition) is 2. The van der Waals surface area contributed by atoms with Crippen molar-refractivity contribution in [2.45, 2.75) is 19.5 Å². The molecule has 102 valence electrons. The number of aromatic amines is 1. The van der Waals surface area contributed by atoms with Crippen molar-refractivity contribution >= 4 is 0 Å². The molecule has 19 heavy (non-hydrogen) atoms. The van der Waals surface area contributed by atoms with E-state index in [0.717, 1.165) is 17.1 Å². The number of nitrogens with one attached hydrogen (secondary N) is 2. The number of tetrazole rings is 1. The topological polar surface area (TPSA) is 85.0 Å². The van der Waals surface area contributed by atoms with E-state index in [9.17, 15) is 0 Å². The van der Waals surface area contributed by atoms with E-state index in [1.807, 2.05) is 25.1 Å². The average Bonchev–Trinajstić information content (AvgIpc) is 2.98. The van der Waals surface area contributed by atoms with Crippen LogP contribution in [0.1, 0.15) is 24.4 Å². The smallest absolute Gasteiger partial charge is 0.191 e. The summed E-state index contributed by atoms with van der Waals surface area (Å²) < 4.78 is 10.5. The lowest BCUT2D eigenvalue weighted by atomic mass is 10.1. The van der Waals surface area contributed by atoms with Crippen LogP contribution in [0, 0.1) is 0 Å². The molecule has 2 N–H and O–H groups in total. The summed E-state index contributed by atoms with van der Waals surface area (Å²) in [6.45, 7) is 2.59. The minimum atomic E-state index is -0.00495. The van der Waals surface area contributed by atoms with Gasteiger partial charge in [-0.1, -0.05) is 5.21 Å².